The van der Waals surface area contributed by atoms with Gasteiger partial charge >= 0.3 is 0 Å². The molecule has 0 saturated carbocycles. The Hall–Kier alpha value is -1.52. The second-order valence-electron chi connectivity index (χ2n) is 5.78. The lowest BCUT2D eigenvalue weighted by molar-refractivity contribution is 0.225. The van der Waals surface area contributed by atoms with Crippen LogP contribution >= 0.6 is 0 Å². The number of nitrogens with one attached hydrogen (secondary N) is 1. The van der Waals surface area contributed by atoms with Crippen molar-refractivity contribution in [1.29, 1.82) is 0 Å². The zero-order valence-corrected chi connectivity index (χ0v) is 12.6. The van der Waals surface area contributed by atoms with Crippen LogP contribution in [-0.2, 0) is 6.54 Å². The molecule has 0 atom stereocenters. The van der Waals surface area contributed by atoms with Crippen molar-refractivity contribution < 1.29 is 0 Å². The first kappa shape index (κ1) is 14.4. The molecule has 0 unspecified atom stereocenters. The first-order valence-electron chi connectivity index (χ1n) is 8.05. The average Bonchev–Trinajstić information content (AvgIpc) is 2.55. The topological polar surface area (TPSA) is 41.1 Å². The summed E-state index contributed by atoms with van der Waals surface area (Å²) in [4.78, 5) is 11.7. The summed E-state index contributed by atoms with van der Waals surface area (Å²) in [6, 6.07) is 8.02. The number of rotatable bonds is 6. The largest absolute Gasteiger partial charge is 0.311 e. The van der Waals surface area contributed by atoms with Crippen LogP contribution < -0.4 is 5.32 Å². The van der Waals surface area contributed by atoms with Crippen LogP contribution in [0.3, 0.4) is 0 Å². The highest BCUT2D eigenvalue weighted by atomic mass is 15.1. The number of nitrogens with zero attached hydrogens (tertiary/aromatic N) is 3. The van der Waals surface area contributed by atoms with Crippen molar-refractivity contribution in [3.05, 3.63) is 36.2 Å². The van der Waals surface area contributed by atoms with E-state index < -0.39 is 0 Å². The zero-order chi connectivity index (χ0) is 14.3. The SMILES string of the molecule is c1ccc2nc(CNCCCN3CCCCC3)cnc2c1. The Balaban J connectivity index is 1.39. The van der Waals surface area contributed by atoms with E-state index in [2.05, 4.69) is 20.2 Å². The van der Waals surface area contributed by atoms with E-state index in [9.17, 15) is 0 Å². The van der Waals surface area contributed by atoms with Gasteiger partial charge in [0.15, 0.2) is 0 Å². The third-order valence-corrected chi connectivity index (χ3v) is 4.08. The maximum Gasteiger partial charge on any atom is 0.0890 e. The van der Waals surface area contributed by atoms with Crippen molar-refractivity contribution >= 4 is 11.0 Å². The molecule has 1 aromatic heterocycles. The van der Waals surface area contributed by atoms with Crippen molar-refractivity contribution in [2.24, 2.45) is 0 Å². The molecule has 0 spiro atoms. The molecule has 1 aliphatic rings. The molecule has 1 saturated heterocycles. The Labute approximate surface area is 126 Å². The van der Waals surface area contributed by atoms with Crippen molar-refractivity contribution in [2.75, 3.05) is 26.2 Å². The van der Waals surface area contributed by atoms with Gasteiger partial charge in [-0.25, -0.2) is 4.98 Å². The Morgan fingerprint density at radius 2 is 1.86 bits per heavy atom. The predicted molar refractivity (Wildman–Crippen MR) is 86.2 cm³/mol. The minimum atomic E-state index is 0.803. The number of piperidine rings is 1. The van der Waals surface area contributed by atoms with Gasteiger partial charge in [-0.05, 0) is 57.6 Å². The second kappa shape index (κ2) is 7.48. The molecule has 112 valence electrons. The first-order chi connectivity index (χ1) is 10.4. The summed E-state index contributed by atoms with van der Waals surface area (Å²) in [6.45, 7) is 5.64. The number of aromatic nitrogens is 2. The van der Waals surface area contributed by atoms with Gasteiger partial charge in [0.1, 0.15) is 0 Å². The minimum absolute atomic E-state index is 0.803. The molecule has 1 N–H and O–H groups in total. The van der Waals surface area contributed by atoms with Crippen molar-refractivity contribution in [2.45, 2.75) is 32.2 Å². The molecule has 0 radical (unpaired) electrons. The zero-order valence-electron chi connectivity index (χ0n) is 12.6. The Bertz CT molecular complexity index is 563. The van der Waals surface area contributed by atoms with E-state index in [-0.39, 0.29) is 0 Å². The fourth-order valence-electron chi connectivity index (χ4n) is 2.91. The smallest absolute Gasteiger partial charge is 0.0890 e. The van der Waals surface area contributed by atoms with Gasteiger partial charge in [0.05, 0.1) is 22.9 Å². The Morgan fingerprint density at radius 1 is 1.05 bits per heavy atom. The lowest BCUT2D eigenvalue weighted by Gasteiger charge is -2.26. The quantitative estimate of drug-likeness (QED) is 0.828. The van der Waals surface area contributed by atoms with E-state index in [1.54, 1.807) is 0 Å². The normalized spacial score (nSPS) is 16.4. The van der Waals surface area contributed by atoms with Crippen LogP contribution in [0.1, 0.15) is 31.4 Å². The predicted octanol–water partition coefficient (Wildman–Crippen LogP) is 2.60. The number of fused-ring (bicyclic) bond motifs is 1. The summed E-state index contributed by atoms with van der Waals surface area (Å²) >= 11 is 0. The summed E-state index contributed by atoms with van der Waals surface area (Å²) in [5.74, 6) is 0. The first-order valence-corrected chi connectivity index (χ1v) is 8.05. The molecule has 3 rings (SSSR count). The van der Waals surface area contributed by atoms with E-state index >= 15 is 0 Å². The molecular weight excluding hydrogens is 260 g/mol. The Morgan fingerprint density at radius 3 is 2.71 bits per heavy atom. The van der Waals surface area contributed by atoms with E-state index in [4.69, 9.17) is 0 Å². The maximum atomic E-state index is 4.63. The third kappa shape index (κ3) is 4.22. The fraction of sp³-hybridized carbons (Fsp3) is 0.529. The molecule has 1 aliphatic heterocycles. The molecule has 0 amide bonds. The van der Waals surface area contributed by atoms with Crippen LogP contribution in [0.2, 0.25) is 0 Å². The summed E-state index contributed by atoms with van der Waals surface area (Å²) in [5, 5.41) is 3.48. The number of hydrogen-bond donors (Lipinski definition) is 1. The number of likely N-dealkylation sites (tertiary alicyclic amines) is 1. The van der Waals surface area contributed by atoms with Gasteiger partial charge < -0.3 is 10.2 Å². The average molecular weight is 284 g/mol. The third-order valence-electron chi connectivity index (χ3n) is 4.08. The van der Waals surface area contributed by atoms with E-state index in [1.807, 2.05) is 30.5 Å². The van der Waals surface area contributed by atoms with Gasteiger partial charge in [0.2, 0.25) is 0 Å². The summed E-state index contributed by atoms with van der Waals surface area (Å²) in [5.41, 5.74) is 2.96. The van der Waals surface area contributed by atoms with Crippen LogP contribution in [0.5, 0.6) is 0 Å². The van der Waals surface area contributed by atoms with E-state index in [1.165, 1.54) is 45.3 Å². The van der Waals surface area contributed by atoms with Crippen LogP contribution in [-0.4, -0.2) is 41.0 Å². The lowest BCUT2D eigenvalue weighted by Crippen LogP contribution is -2.32. The highest BCUT2D eigenvalue weighted by molar-refractivity contribution is 5.73. The standard InChI is InChI=1S/C17H24N4/c1-4-10-21(11-5-1)12-6-9-18-13-15-14-19-16-7-2-3-8-17(16)20-15/h2-3,7-8,14,18H,1,4-6,9-13H2. The van der Waals surface area contributed by atoms with Crippen LogP contribution in [0.15, 0.2) is 30.5 Å². The molecule has 4 heteroatoms. The second-order valence-corrected chi connectivity index (χ2v) is 5.78. The molecule has 21 heavy (non-hydrogen) atoms. The highest BCUT2D eigenvalue weighted by Crippen LogP contribution is 2.09. The molecule has 2 heterocycles. The molecule has 1 fully saturated rings. The monoisotopic (exact) mass is 284 g/mol. The minimum Gasteiger partial charge on any atom is -0.311 e. The van der Waals surface area contributed by atoms with Crippen LogP contribution in [0, 0.1) is 0 Å². The van der Waals surface area contributed by atoms with Crippen molar-refractivity contribution in [3.63, 3.8) is 0 Å². The fourth-order valence-corrected chi connectivity index (χ4v) is 2.91. The molecule has 4 nitrogen and oxygen atoms in total. The number of hydrogen-bond acceptors (Lipinski definition) is 4. The maximum absolute atomic E-state index is 4.63. The van der Waals surface area contributed by atoms with Gasteiger partial charge in [-0.15, -0.1) is 0 Å². The Kier molecular flexibility index (Phi) is 5.13. The molecule has 2 aromatic rings. The van der Waals surface area contributed by atoms with Crippen molar-refractivity contribution in [1.82, 2.24) is 20.2 Å². The molecule has 0 bridgehead atoms. The molecular formula is C17H24N4. The van der Waals surface area contributed by atoms with Gasteiger partial charge in [0.25, 0.3) is 0 Å². The highest BCUT2D eigenvalue weighted by Gasteiger charge is 2.08. The van der Waals surface area contributed by atoms with Crippen molar-refractivity contribution in [3.8, 4) is 0 Å². The summed E-state index contributed by atoms with van der Waals surface area (Å²) in [6.07, 6.45) is 7.25. The van der Waals surface area contributed by atoms with Gasteiger partial charge in [-0.2, -0.15) is 0 Å². The van der Waals surface area contributed by atoms with E-state index in [0.29, 0.717) is 0 Å². The van der Waals surface area contributed by atoms with Gasteiger partial charge in [0, 0.05) is 6.54 Å². The van der Waals surface area contributed by atoms with Gasteiger partial charge in [-0.1, -0.05) is 18.6 Å². The van der Waals surface area contributed by atoms with Crippen LogP contribution in [0.25, 0.3) is 11.0 Å². The number of para-hydroxylation sites is 2. The van der Waals surface area contributed by atoms with Gasteiger partial charge in [-0.3, -0.25) is 4.98 Å². The molecule has 0 aliphatic carbocycles. The van der Waals surface area contributed by atoms with E-state index in [0.717, 1.165) is 29.8 Å². The summed E-state index contributed by atoms with van der Waals surface area (Å²) < 4.78 is 0. The number of benzene rings is 1. The molecule has 1 aromatic carbocycles. The van der Waals surface area contributed by atoms with Crippen LogP contribution in [0.4, 0.5) is 0 Å². The lowest BCUT2D eigenvalue weighted by atomic mass is 10.1. The summed E-state index contributed by atoms with van der Waals surface area (Å²) in [7, 11) is 0.